The SMILES string of the molecule is CN1C(=O)[C@H]2[C@H](CC=C3[C@H]2C[C@@]2(Cl)C(=O)N(c4ccc(F)cc4)C(=O)[C@@]2(Cl)[C@H]3c2ccccc2OCCO)C1=O. The van der Waals surface area contributed by atoms with Crippen LogP contribution in [-0.4, -0.2) is 63.6 Å². The van der Waals surface area contributed by atoms with Gasteiger partial charge in [0.25, 0.3) is 11.8 Å². The lowest BCUT2D eigenvalue weighted by Crippen LogP contribution is -2.60. The molecule has 0 unspecified atom stereocenters. The Bertz CT molecular complexity index is 1480. The van der Waals surface area contributed by atoms with E-state index in [9.17, 15) is 28.7 Å². The third kappa shape index (κ3) is 3.47. The number of fused-ring (bicyclic) bond motifs is 4. The summed E-state index contributed by atoms with van der Waals surface area (Å²) in [6, 6.07) is 11.7. The number of imide groups is 2. The molecule has 2 aromatic carbocycles. The summed E-state index contributed by atoms with van der Waals surface area (Å²) in [5.74, 6) is -5.53. The van der Waals surface area contributed by atoms with Crippen LogP contribution in [0.2, 0.25) is 0 Å². The van der Waals surface area contributed by atoms with Crippen molar-refractivity contribution in [2.45, 2.75) is 28.5 Å². The van der Waals surface area contributed by atoms with E-state index in [-0.39, 0.29) is 43.6 Å². The number of aliphatic hydroxyl groups is 1. The third-order valence-electron chi connectivity index (χ3n) is 8.70. The Morgan fingerprint density at radius 1 is 1.00 bits per heavy atom. The van der Waals surface area contributed by atoms with Crippen LogP contribution in [0.4, 0.5) is 10.1 Å². The number of ether oxygens (including phenoxy) is 1. The molecule has 208 valence electrons. The first kappa shape index (κ1) is 26.9. The molecular weight excluding hydrogens is 562 g/mol. The van der Waals surface area contributed by atoms with Crippen molar-refractivity contribution in [1.82, 2.24) is 4.90 Å². The Morgan fingerprint density at radius 3 is 2.40 bits per heavy atom. The average molecular weight is 587 g/mol. The summed E-state index contributed by atoms with van der Waals surface area (Å²) in [6.45, 7) is -0.303. The summed E-state index contributed by atoms with van der Waals surface area (Å²) in [4.78, 5) is 52.6. The minimum absolute atomic E-state index is 0.0371. The molecule has 0 bridgehead atoms. The van der Waals surface area contributed by atoms with Crippen LogP contribution in [0.25, 0.3) is 0 Å². The lowest BCUT2D eigenvalue weighted by Gasteiger charge is -2.50. The minimum Gasteiger partial charge on any atom is -0.491 e. The van der Waals surface area contributed by atoms with Gasteiger partial charge >= 0.3 is 0 Å². The van der Waals surface area contributed by atoms with E-state index in [0.29, 0.717) is 16.9 Å². The number of allylic oxidation sites excluding steroid dienone is 2. The van der Waals surface area contributed by atoms with Crippen LogP contribution in [0.15, 0.2) is 60.2 Å². The van der Waals surface area contributed by atoms with Crippen molar-refractivity contribution in [3.8, 4) is 5.75 Å². The number of carbonyl (C=O) groups is 4. The number of hydrogen-bond donors (Lipinski definition) is 1. The Labute approximate surface area is 239 Å². The molecular formula is C29H25Cl2FN2O6. The van der Waals surface area contributed by atoms with E-state index in [4.69, 9.17) is 27.9 Å². The van der Waals surface area contributed by atoms with Gasteiger partial charge in [0.2, 0.25) is 11.8 Å². The molecule has 40 heavy (non-hydrogen) atoms. The van der Waals surface area contributed by atoms with Crippen LogP contribution in [0, 0.1) is 23.6 Å². The lowest BCUT2D eigenvalue weighted by molar-refractivity contribution is -0.138. The first-order valence-corrected chi connectivity index (χ1v) is 13.7. The van der Waals surface area contributed by atoms with E-state index in [0.717, 1.165) is 21.9 Å². The molecule has 1 N–H and O–H groups in total. The van der Waals surface area contributed by atoms with Gasteiger partial charge in [0.15, 0.2) is 9.75 Å². The normalized spacial score (nSPS) is 33.1. The molecule has 2 saturated heterocycles. The Morgan fingerprint density at radius 2 is 1.70 bits per heavy atom. The number of amides is 4. The highest BCUT2D eigenvalue weighted by Gasteiger charge is 2.76. The average Bonchev–Trinajstić information content (AvgIpc) is 3.26. The van der Waals surface area contributed by atoms with Gasteiger partial charge < -0.3 is 9.84 Å². The van der Waals surface area contributed by atoms with Gasteiger partial charge in [-0.2, -0.15) is 0 Å². The smallest absolute Gasteiger partial charge is 0.258 e. The molecule has 4 aliphatic rings. The second-order valence-corrected chi connectivity index (χ2v) is 11.8. The number of aliphatic hydroxyl groups excluding tert-OH is 1. The maximum atomic E-state index is 14.3. The minimum atomic E-state index is -2.05. The van der Waals surface area contributed by atoms with Gasteiger partial charge in [-0.05, 0) is 49.1 Å². The van der Waals surface area contributed by atoms with Crippen LogP contribution in [0.3, 0.4) is 0 Å². The number of hydrogen-bond acceptors (Lipinski definition) is 6. The van der Waals surface area contributed by atoms with Gasteiger partial charge in [0.1, 0.15) is 18.2 Å². The van der Waals surface area contributed by atoms with Crippen LogP contribution in [0.1, 0.15) is 24.3 Å². The first-order chi connectivity index (χ1) is 19.1. The highest BCUT2D eigenvalue weighted by molar-refractivity contribution is 6.58. The number of likely N-dealkylation sites (tertiary alicyclic amines) is 1. The molecule has 0 aromatic heterocycles. The monoisotopic (exact) mass is 586 g/mol. The Hall–Kier alpha value is -3.27. The van der Waals surface area contributed by atoms with Crippen LogP contribution < -0.4 is 9.64 Å². The zero-order valence-corrected chi connectivity index (χ0v) is 22.9. The number of rotatable bonds is 5. The molecule has 1 saturated carbocycles. The van der Waals surface area contributed by atoms with Crippen molar-refractivity contribution in [3.63, 3.8) is 0 Å². The summed E-state index contributed by atoms with van der Waals surface area (Å²) in [5.41, 5.74) is 1.19. The molecule has 6 rings (SSSR count). The third-order valence-corrected chi connectivity index (χ3v) is 10.1. The zero-order valence-electron chi connectivity index (χ0n) is 21.4. The number of halogens is 3. The summed E-state index contributed by atoms with van der Waals surface area (Å²) in [7, 11) is 1.43. The first-order valence-electron chi connectivity index (χ1n) is 12.9. The standard InChI is InChI=1S/C29H25Cl2FN2O6/c1-33-24(36)19-11-10-17-20(22(19)25(33)37)14-28(30)26(38)34(16-8-6-15(32)7-9-16)27(39)29(28,31)23(17)18-4-2-3-5-21(18)40-13-12-35/h2-10,19-20,22-23,35H,11-14H2,1H3/t19-,20+,22-,23+,28+,29-/m0/s1. The second kappa shape index (κ2) is 9.39. The van der Waals surface area contributed by atoms with E-state index >= 15 is 0 Å². The van der Waals surface area contributed by atoms with E-state index in [1.54, 1.807) is 24.3 Å². The molecule has 2 aliphatic carbocycles. The van der Waals surface area contributed by atoms with Crippen LogP contribution in [-0.2, 0) is 19.2 Å². The lowest BCUT2D eigenvalue weighted by atomic mass is 9.56. The van der Waals surface area contributed by atoms with Crippen LogP contribution >= 0.6 is 23.2 Å². The van der Waals surface area contributed by atoms with Crippen molar-refractivity contribution in [2.24, 2.45) is 17.8 Å². The Kier molecular flexibility index (Phi) is 6.32. The van der Waals surface area contributed by atoms with E-state index in [1.165, 1.54) is 19.2 Å². The van der Waals surface area contributed by atoms with Crippen LogP contribution in [0.5, 0.6) is 5.75 Å². The molecule has 0 spiro atoms. The molecule has 0 radical (unpaired) electrons. The zero-order chi connectivity index (χ0) is 28.6. The molecule has 2 heterocycles. The topological polar surface area (TPSA) is 104 Å². The van der Waals surface area contributed by atoms with Gasteiger partial charge in [-0.15, -0.1) is 23.2 Å². The van der Waals surface area contributed by atoms with E-state index in [1.807, 2.05) is 6.08 Å². The molecule has 11 heteroatoms. The fraction of sp³-hybridized carbons (Fsp3) is 0.379. The van der Waals surface area contributed by atoms with Crippen molar-refractivity contribution < 1.29 is 33.4 Å². The molecule has 2 aromatic rings. The molecule has 4 amide bonds. The van der Waals surface area contributed by atoms with Gasteiger partial charge in [-0.3, -0.25) is 24.1 Å². The number of anilines is 1. The maximum Gasteiger partial charge on any atom is 0.258 e. The summed E-state index contributed by atoms with van der Waals surface area (Å²) >= 11 is 14.6. The van der Waals surface area contributed by atoms with Gasteiger partial charge in [0, 0.05) is 18.5 Å². The predicted octanol–water partition coefficient (Wildman–Crippen LogP) is 3.39. The number of benzene rings is 2. The number of para-hydroxylation sites is 1. The fourth-order valence-corrected chi connectivity index (χ4v) is 7.83. The highest BCUT2D eigenvalue weighted by atomic mass is 35.5. The van der Waals surface area contributed by atoms with Crippen molar-refractivity contribution in [1.29, 1.82) is 0 Å². The quantitative estimate of drug-likeness (QED) is 0.327. The molecule has 6 atom stereocenters. The van der Waals surface area contributed by atoms with Crippen molar-refractivity contribution >= 4 is 52.5 Å². The summed E-state index contributed by atoms with van der Waals surface area (Å²) < 4.78 is 19.5. The van der Waals surface area contributed by atoms with Crippen molar-refractivity contribution in [3.05, 3.63) is 71.6 Å². The van der Waals surface area contributed by atoms with E-state index < -0.39 is 51.1 Å². The molecule has 3 fully saturated rings. The molecule has 8 nitrogen and oxygen atoms in total. The van der Waals surface area contributed by atoms with E-state index in [2.05, 4.69) is 0 Å². The predicted molar refractivity (Wildman–Crippen MR) is 143 cm³/mol. The summed E-state index contributed by atoms with van der Waals surface area (Å²) in [5, 5.41) is 9.41. The van der Waals surface area contributed by atoms with Gasteiger partial charge in [-0.25, -0.2) is 9.29 Å². The maximum absolute atomic E-state index is 14.3. The highest BCUT2D eigenvalue weighted by Crippen LogP contribution is 2.66. The number of nitrogens with zero attached hydrogens (tertiary/aromatic N) is 2. The van der Waals surface area contributed by atoms with Gasteiger partial charge in [-0.1, -0.05) is 29.8 Å². The Balaban J connectivity index is 1.58. The largest absolute Gasteiger partial charge is 0.491 e. The fourth-order valence-electron chi connectivity index (χ4n) is 6.91. The van der Waals surface area contributed by atoms with Gasteiger partial charge in [0.05, 0.1) is 24.1 Å². The number of carbonyl (C=O) groups excluding carboxylic acids is 4. The number of alkyl halides is 2. The van der Waals surface area contributed by atoms with Crippen molar-refractivity contribution in [2.75, 3.05) is 25.2 Å². The molecule has 2 aliphatic heterocycles. The summed E-state index contributed by atoms with van der Waals surface area (Å²) in [6.07, 6.45) is 1.94. The second-order valence-electron chi connectivity index (χ2n) is 10.6.